The van der Waals surface area contributed by atoms with Gasteiger partial charge in [-0.25, -0.2) is 13.6 Å². The van der Waals surface area contributed by atoms with Crippen LogP contribution in [-0.2, 0) is 10.3 Å². The van der Waals surface area contributed by atoms with Crippen molar-refractivity contribution in [1.29, 1.82) is 0 Å². The van der Waals surface area contributed by atoms with E-state index in [0.29, 0.717) is 13.1 Å². The molecule has 0 aliphatic carbocycles. The Kier molecular flexibility index (Phi) is 6.23. The molecule has 1 rings (SSSR count). The van der Waals surface area contributed by atoms with Crippen molar-refractivity contribution < 1.29 is 18.7 Å². The molecule has 2 N–H and O–H groups in total. The van der Waals surface area contributed by atoms with Gasteiger partial charge in [0.1, 0.15) is 17.2 Å². The largest absolute Gasteiger partial charge is 0.480 e. The monoisotopic (exact) mass is 300 g/mol. The van der Waals surface area contributed by atoms with E-state index in [1.807, 2.05) is 13.8 Å². The van der Waals surface area contributed by atoms with E-state index in [-0.39, 0.29) is 5.56 Å². The summed E-state index contributed by atoms with van der Waals surface area (Å²) in [6.07, 6.45) is 0. The summed E-state index contributed by atoms with van der Waals surface area (Å²) in [4.78, 5) is 13.6. The minimum atomic E-state index is -1.67. The molecule has 1 aromatic rings. The van der Waals surface area contributed by atoms with Crippen molar-refractivity contribution in [3.05, 3.63) is 35.4 Å². The van der Waals surface area contributed by atoms with Crippen molar-refractivity contribution in [2.24, 2.45) is 0 Å². The van der Waals surface area contributed by atoms with Crippen molar-refractivity contribution in [2.45, 2.75) is 26.3 Å². The smallest absolute Gasteiger partial charge is 0.328 e. The van der Waals surface area contributed by atoms with Crippen LogP contribution in [0.25, 0.3) is 0 Å². The molecule has 6 heteroatoms. The number of benzene rings is 1. The zero-order valence-corrected chi connectivity index (χ0v) is 12.6. The van der Waals surface area contributed by atoms with Crippen molar-refractivity contribution in [1.82, 2.24) is 10.2 Å². The fourth-order valence-electron chi connectivity index (χ4n) is 2.17. The number of carbonyl (C=O) groups is 1. The van der Waals surface area contributed by atoms with E-state index in [9.17, 15) is 18.7 Å². The van der Waals surface area contributed by atoms with E-state index in [4.69, 9.17) is 0 Å². The van der Waals surface area contributed by atoms with Crippen LogP contribution in [0.5, 0.6) is 0 Å². The van der Waals surface area contributed by atoms with Crippen LogP contribution in [-0.4, -0.2) is 42.2 Å². The number of aliphatic carboxylic acids is 1. The number of carboxylic acid groups (broad SMARTS) is 1. The van der Waals surface area contributed by atoms with E-state index in [0.717, 1.165) is 31.3 Å². The molecule has 0 amide bonds. The van der Waals surface area contributed by atoms with Gasteiger partial charge in [0.25, 0.3) is 0 Å². The summed E-state index contributed by atoms with van der Waals surface area (Å²) in [6.45, 7) is 8.04. The number of halogens is 2. The number of hydrogen-bond donors (Lipinski definition) is 2. The average Bonchev–Trinajstić information content (AvgIpc) is 2.45. The number of hydrogen-bond acceptors (Lipinski definition) is 3. The molecule has 0 saturated heterocycles. The van der Waals surface area contributed by atoms with Crippen LogP contribution in [0.1, 0.15) is 26.3 Å². The van der Waals surface area contributed by atoms with Gasteiger partial charge in [0.15, 0.2) is 0 Å². The van der Waals surface area contributed by atoms with E-state index in [1.165, 1.54) is 6.92 Å². The highest BCUT2D eigenvalue weighted by Gasteiger charge is 2.37. The predicted octanol–water partition coefficient (Wildman–Crippen LogP) is 2.20. The SMILES string of the molecule is CCN(CC)CCNC(C)(C(=O)O)c1cc(F)ccc1F. The third-order valence-corrected chi connectivity index (χ3v) is 3.70. The molecule has 0 aliphatic heterocycles. The lowest BCUT2D eigenvalue weighted by Gasteiger charge is -2.29. The molecule has 0 radical (unpaired) electrons. The highest BCUT2D eigenvalue weighted by Crippen LogP contribution is 2.25. The second-order valence-corrected chi connectivity index (χ2v) is 5.01. The maximum absolute atomic E-state index is 13.9. The fourth-order valence-corrected chi connectivity index (χ4v) is 2.17. The van der Waals surface area contributed by atoms with Gasteiger partial charge in [-0.3, -0.25) is 5.32 Å². The van der Waals surface area contributed by atoms with Crippen LogP contribution in [0.4, 0.5) is 8.78 Å². The quantitative estimate of drug-likeness (QED) is 0.773. The highest BCUT2D eigenvalue weighted by atomic mass is 19.1. The molecule has 0 fully saturated rings. The molecule has 0 heterocycles. The molecule has 0 saturated carbocycles. The van der Waals surface area contributed by atoms with Crippen LogP contribution in [0.15, 0.2) is 18.2 Å². The summed E-state index contributed by atoms with van der Waals surface area (Å²) in [5.41, 5.74) is -1.87. The number of nitrogens with one attached hydrogen (secondary N) is 1. The van der Waals surface area contributed by atoms with E-state index in [1.54, 1.807) is 0 Å². The molecule has 1 atom stereocenters. The van der Waals surface area contributed by atoms with Gasteiger partial charge >= 0.3 is 5.97 Å². The van der Waals surface area contributed by atoms with E-state index in [2.05, 4.69) is 10.2 Å². The van der Waals surface area contributed by atoms with Crippen molar-refractivity contribution in [3.8, 4) is 0 Å². The molecule has 1 unspecified atom stereocenters. The predicted molar refractivity (Wildman–Crippen MR) is 77.1 cm³/mol. The van der Waals surface area contributed by atoms with Crippen LogP contribution in [0.2, 0.25) is 0 Å². The first-order chi connectivity index (χ1) is 9.85. The lowest BCUT2D eigenvalue weighted by molar-refractivity contribution is -0.144. The molecule has 1 aromatic carbocycles. The molecule has 0 bridgehead atoms. The van der Waals surface area contributed by atoms with Crippen LogP contribution >= 0.6 is 0 Å². The number of carboxylic acids is 1. The normalized spacial score (nSPS) is 14.2. The number of rotatable bonds is 8. The zero-order chi connectivity index (χ0) is 16.0. The second-order valence-electron chi connectivity index (χ2n) is 5.01. The van der Waals surface area contributed by atoms with Gasteiger partial charge < -0.3 is 10.0 Å². The maximum atomic E-state index is 13.9. The van der Waals surface area contributed by atoms with Crippen LogP contribution in [0.3, 0.4) is 0 Å². The van der Waals surface area contributed by atoms with Gasteiger partial charge in [-0.2, -0.15) is 0 Å². The summed E-state index contributed by atoms with van der Waals surface area (Å²) in [7, 11) is 0. The van der Waals surface area contributed by atoms with Crippen molar-refractivity contribution in [2.75, 3.05) is 26.2 Å². The van der Waals surface area contributed by atoms with Crippen LogP contribution < -0.4 is 5.32 Å². The molecular formula is C15H22F2N2O2. The zero-order valence-electron chi connectivity index (χ0n) is 12.6. The van der Waals surface area contributed by atoms with Gasteiger partial charge in [-0.15, -0.1) is 0 Å². The molecule has 0 aromatic heterocycles. The lowest BCUT2D eigenvalue weighted by Crippen LogP contribution is -2.49. The standard InChI is InChI=1S/C15H22F2N2O2/c1-4-19(5-2)9-8-18-15(3,14(20)21)12-10-11(16)6-7-13(12)17/h6-7,10,18H,4-5,8-9H2,1-3H3,(H,20,21). The third-order valence-electron chi connectivity index (χ3n) is 3.70. The molecule has 118 valence electrons. The average molecular weight is 300 g/mol. The molecular weight excluding hydrogens is 278 g/mol. The summed E-state index contributed by atoms with van der Waals surface area (Å²) < 4.78 is 27.2. The summed E-state index contributed by atoms with van der Waals surface area (Å²) in [5.74, 6) is -2.65. The Morgan fingerprint density at radius 2 is 1.95 bits per heavy atom. The fraction of sp³-hybridized carbons (Fsp3) is 0.533. The Labute approximate surface area is 123 Å². The first kappa shape index (κ1) is 17.5. The molecule has 0 aliphatic rings. The first-order valence-corrected chi connectivity index (χ1v) is 7.01. The number of nitrogens with zero attached hydrogens (tertiary/aromatic N) is 1. The molecule has 0 spiro atoms. The lowest BCUT2D eigenvalue weighted by atomic mass is 9.91. The third kappa shape index (κ3) is 4.22. The summed E-state index contributed by atoms with van der Waals surface area (Å²) >= 11 is 0. The van der Waals surface area contributed by atoms with Gasteiger partial charge in [0.2, 0.25) is 0 Å². The van der Waals surface area contributed by atoms with Gasteiger partial charge in [0, 0.05) is 18.7 Å². The second kappa shape index (κ2) is 7.47. The van der Waals surface area contributed by atoms with Crippen molar-refractivity contribution in [3.63, 3.8) is 0 Å². The van der Waals surface area contributed by atoms with Gasteiger partial charge in [0.05, 0.1) is 0 Å². The van der Waals surface area contributed by atoms with Crippen LogP contribution in [0, 0.1) is 11.6 Å². The molecule has 4 nitrogen and oxygen atoms in total. The maximum Gasteiger partial charge on any atom is 0.328 e. The minimum absolute atomic E-state index is 0.199. The summed E-state index contributed by atoms with van der Waals surface area (Å²) in [5, 5.41) is 12.2. The Morgan fingerprint density at radius 1 is 1.33 bits per heavy atom. The van der Waals surface area contributed by atoms with Crippen molar-refractivity contribution >= 4 is 5.97 Å². The molecule has 21 heavy (non-hydrogen) atoms. The Hall–Kier alpha value is -1.53. The van der Waals surface area contributed by atoms with E-state index < -0.39 is 23.1 Å². The topological polar surface area (TPSA) is 52.6 Å². The highest BCUT2D eigenvalue weighted by molar-refractivity contribution is 5.80. The van der Waals surface area contributed by atoms with Gasteiger partial charge in [-0.05, 0) is 38.2 Å². The Morgan fingerprint density at radius 3 is 2.48 bits per heavy atom. The Bertz CT molecular complexity index is 493. The van der Waals surface area contributed by atoms with E-state index >= 15 is 0 Å². The summed E-state index contributed by atoms with van der Waals surface area (Å²) in [6, 6.07) is 2.84. The minimum Gasteiger partial charge on any atom is -0.480 e. The first-order valence-electron chi connectivity index (χ1n) is 7.01. The Balaban J connectivity index is 2.93. The number of likely N-dealkylation sites (N-methyl/N-ethyl adjacent to an activating group) is 1. The van der Waals surface area contributed by atoms with Gasteiger partial charge in [-0.1, -0.05) is 13.8 Å².